The highest BCUT2D eigenvalue weighted by atomic mass is 16.6. The molecular weight excluding hydrogens is 408 g/mol. The molecule has 0 fully saturated rings. The van der Waals surface area contributed by atoms with Crippen LogP contribution in [-0.2, 0) is 9.47 Å². The largest absolute Gasteiger partial charge is 0.386 e. The molecule has 4 aromatic rings. The first-order chi connectivity index (χ1) is 15.5. The Labute approximate surface area is 181 Å². The summed E-state index contributed by atoms with van der Waals surface area (Å²) in [6.07, 6.45) is 0. The van der Waals surface area contributed by atoms with Gasteiger partial charge in [0.25, 0.3) is 0 Å². The Hall–Kier alpha value is -4.58. The van der Waals surface area contributed by atoms with Crippen LogP contribution in [0.3, 0.4) is 0 Å². The lowest BCUT2D eigenvalue weighted by Crippen LogP contribution is -1.96. The van der Waals surface area contributed by atoms with E-state index >= 15 is 0 Å². The molecular formula is C26H12O6. The Balaban J connectivity index is 1.38. The number of ether oxygens (including phenoxy) is 2. The molecule has 0 aliphatic carbocycles. The maximum Gasteiger partial charge on any atom is 0.346 e. The van der Waals surface area contributed by atoms with E-state index in [1.54, 1.807) is 36.4 Å². The van der Waals surface area contributed by atoms with Crippen LogP contribution in [-0.4, -0.2) is 23.9 Å². The average molecular weight is 420 g/mol. The van der Waals surface area contributed by atoms with Gasteiger partial charge in [-0.25, -0.2) is 19.2 Å². The molecule has 0 saturated heterocycles. The third-order valence-electron chi connectivity index (χ3n) is 5.80. The monoisotopic (exact) mass is 420 g/mol. The number of fused-ring (bicyclic) bond motifs is 3. The van der Waals surface area contributed by atoms with Crippen molar-refractivity contribution in [2.45, 2.75) is 0 Å². The van der Waals surface area contributed by atoms with Gasteiger partial charge in [0.2, 0.25) is 0 Å². The number of carbonyl (C=O) groups excluding carboxylic acids is 4. The SMILES string of the molecule is O=C1OC(=O)c2cc(-c3ccc4cc(-c5ccc6c(c5)C(=O)OC6=O)ccc4c3)ccc21. The summed E-state index contributed by atoms with van der Waals surface area (Å²) in [7, 11) is 0. The molecule has 4 aromatic carbocycles. The molecule has 0 saturated carbocycles. The standard InChI is InChI=1S/C26H12O6/c27-23-19-7-5-17(11-21(19)25(29)31-23)15-3-1-13-9-16(4-2-14(13)10-15)18-6-8-20-22(12-18)26(30)32-24(20)28/h1-12H. The van der Waals surface area contributed by atoms with E-state index in [1.807, 2.05) is 36.4 Å². The minimum absolute atomic E-state index is 0.275. The Morgan fingerprint density at radius 1 is 0.375 bits per heavy atom. The number of hydrogen-bond acceptors (Lipinski definition) is 6. The molecule has 32 heavy (non-hydrogen) atoms. The second-order valence-corrected chi connectivity index (χ2v) is 7.65. The lowest BCUT2D eigenvalue weighted by molar-refractivity contribution is 0.0425. The van der Waals surface area contributed by atoms with Crippen LogP contribution in [0, 0.1) is 0 Å². The molecule has 152 valence electrons. The van der Waals surface area contributed by atoms with Gasteiger partial charge in [0, 0.05) is 0 Å². The van der Waals surface area contributed by atoms with Crippen molar-refractivity contribution in [2.75, 3.05) is 0 Å². The summed E-state index contributed by atoms with van der Waals surface area (Å²) in [5.74, 6) is -2.49. The lowest BCUT2D eigenvalue weighted by Gasteiger charge is -2.08. The smallest absolute Gasteiger partial charge is 0.346 e. The first kappa shape index (κ1) is 18.2. The number of rotatable bonds is 2. The molecule has 0 unspecified atom stereocenters. The zero-order chi connectivity index (χ0) is 22.0. The predicted molar refractivity (Wildman–Crippen MR) is 114 cm³/mol. The van der Waals surface area contributed by atoms with Gasteiger partial charge in [-0.2, -0.15) is 0 Å². The normalized spacial score (nSPS) is 14.4. The molecule has 6 heteroatoms. The molecule has 2 aliphatic rings. The fourth-order valence-corrected chi connectivity index (χ4v) is 4.13. The molecule has 0 aromatic heterocycles. The molecule has 0 bridgehead atoms. The Kier molecular flexibility index (Phi) is 3.67. The summed E-state index contributed by atoms with van der Waals surface area (Å²) in [6, 6.07) is 22.0. The van der Waals surface area contributed by atoms with Crippen molar-refractivity contribution >= 4 is 34.6 Å². The van der Waals surface area contributed by atoms with Gasteiger partial charge in [0.05, 0.1) is 22.3 Å². The number of hydrogen-bond donors (Lipinski definition) is 0. The third-order valence-corrected chi connectivity index (χ3v) is 5.80. The highest BCUT2D eigenvalue weighted by Crippen LogP contribution is 2.32. The molecule has 0 amide bonds. The zero-order valence-electron chi connectivity index (χ0n) is 16.4. The van der Waals surface area contributed by atoms with E-state index in [1.165, 1.54) is 0 Å². The Morgan fingerprint density at radius 3 is 1.16 bits per heavy atom. The summed E-state index contributed by atoms with van der Waals surface area (Å²) in [5.41, 5.74) is 4.53. The molecule has 2 heterocycles. The van der Waals surface area contributed by atoms with Crippen LogP contribution in [0.15, 0.2) is 72.8 Å². The molecule has 0 radical (unpaired) electrons. The van der Waals surface area contributed by atoms with Crippen LogP contribution < -0.4 is 0 Å². The van der Waals surface area contributed by atoms with E-state index in [0.717, 1.165) is 33.0 Å². The van der Waals surface area contributed by atoms with Crippen molar-refractivity contribution < 1.29 is 28.7 Å². The van der Waals surface area contributed by atoms with Gasteiger partial charge in [-0.1, -0.05) is 36.4 Å². The van der Waals surface area contributed by atoms with Crippen molar-refractivity contribution in [2.24, 2.45) is 0 Å². The van der Waals surface area contributed by atoms with Gasteiger partial charge in [-0.15, -0.1) is 0 Å². The number of esters is 4. The molecule has 6 rings (SSSR count). The van der Waals surface area contributed by atoms with Crippen molar-refractivity contribution in [1.82, 2.24) is 0 Å². The Bertz CT molecular complexity index is 1430. The number of cyclic esters (lactones) is 4. The van der Waals surface area contributed by atoms with Gasteiger partial charge in [0.1, 0.15) is 0 Å². The summed E-state index contributed by atoms with van der Waals surface area (Å²) >= 11 is 0. The van der Waals surface area contributed by atoms with Crippen molar-refractivity contribution in [3.05, 3.63) is 95.1 Å². The zero-order valence-corrected chi connectivity index (χ0v) is 16.4. The first-order valence-corrected chi connectivity index (χ1v) is 9.84. The van der Waals surface area contributed by atoms with E-state index in [-0.39, 0.29) is 22.3 Å². The third kappa shape index (κ3) is 2.66. The first-order valence-electron chi connectivity index (χ1n) is 9.84. The molecule has 0 atom stereocenters. The summed E-state index contributed by atoms with van der Waals surface area (Å²) in [4.78, 5) is 47.0. The fourth-order valence-electron chi connectivity index (χ4n) is 4.13. The van der Waals surface area contributed by atoms with E-state index in [4.69, 9.17) is 0 Å². The Morgan fingerprint density at radius 2 is 0.719 bits per heavy atom. The average Bonchev–Trinajstić information content (AvgIpc) is 3.26. The van der Waals surface area contributed by atoms with E-state index in [9.17, 15) is 19.2 Å². The van der Waals surface area contributed by atoms with Crippen LogP contribution in [0.25, 0.3) is 33.0 Å². The second kappa shape index (κ2) is 6.46. The van der Waals surface area contributed by atoms with Gasteiger partial charge < -0.3 is 9.47 Å². The molecule has 2 aliphatic heterocycles. The minimum Gasteiger partial charge on any atom is -0.386 e. The van der Waals surface area contributed by atoms with E-state index < -0.39 is 23.9 Å². The summed E-state index contributed by atoms with van der Waals surface area (Å²) in [5, 5.41) is 1.97. The summed E-state index contributed by atoms with van der Waals surface area (Å²) < 4.78 is 9.33. The van der Waals surface area contributed by atoms with E-state index in [2.05, 4.69) is 9.47 Å². The number of carbonyl (C=O) groups is 4. The molecule has 0 spiro atoms. The summed E-state index contributed by atoms with van der Waals surface area (Å²) in [6.45, 7) is 0. The van der Waals surface area contributed by atoms with Crippen LogP contribution in [0.2, 0.25) is 0 Å². The van der Waals surface area contributed by atoms with Gasteiger partial charge >= 0.3 is 23.9 Å². The lowest BCUT2D eigenvalue weighted by atomic mass is 9.95. The molecule has 6 nitrogen and oxygen atoms in total. The van der Waals surface area contributed by atoms with E-state index in [0.29, 0.717) is 0 Å². The van der Waals surface area contributed by atoms with Crippen LogP contribution >= 0.6 is 0 Å². The van der Waals surface area contributed by atoms with Crippen molar-refractivity contribution in [3.8, 4) is 22.3 Å². The maximum absolute atomic E-state index is 11.9. The van der Waals surface area contributed by atoms with Crippen LogP contribution in [0.1, 0.15) is 41.4 Å². The number of benzene rings is 4. The minimum atomic E-state index is -0.628. The quantitative estimate of drug-likeness (QED) is 0.342. The topological polar surface area (TPSA) is 86.7 Å². The van der Waals surface area contributed by atoms with Crippen molar-refractivity contribution in [1.29, 1.82) is 0 Å². The fraction of sp³-hybridized carbons (Fsp3) is 0. The van der Waals surface area contributed by atoms with Gasteiger partial charge in [-0.05, 0) is 69.4 Å². The van der Waals surface area contributed by atoms with Crippen LogP contribution in [0.5, 0.6) is 0 Å². The predicted octanol–water partition coefficient (Wildman–Crippen LogP) is 4.80. The van der Waals surface area contributed by atoms with Crippen LogP contribution in [0.4, 0.5) is 0 Å². The highest BCUT2D eigenvalue weighted by Gasteiger charge is 2.30. The molecule has 0 N–H and O–H groups in total. The van der Waals surface area contributed by atoms with Gasteiger partial charge in [0.15, 0.2) is 0 Å². The van der Waals surface area contributed by atoms with Crippen molar-refractivity contribution in [3.63, 3.8) is 0 Å². The highest BCUT2D eigenvalue weighted by molar-refractivity contribution is 6.16. The second-order valence-electron chi connectivity index (χ2n) is 7.65. The van der Waals surface area contributed by atoms with Gasteiger partial charge in [-0.3, -0.25) is 0 Å². The maximum atomic E-state index is 11.9.